The normalized spacial score (nSPS) is 27.3. The maximum Gasteiger partial charge on any atom is 0.325 e. The molecule has 1 atom stereocenters. The first-order valence-corrected chi connectivity index (χ1v) is 9.55. The van der Waals surface area contributed by atoms with E-state index in [0.717, 1.165) is 70.4 Å². The topological polar surface area (TPSA) is 72.9 Å². The van der Waals surface area contributed by atoms with Gasteiger partial charge < -0.3 is 15.3 Å². The number of carbonyl (C=O) groups is 2. The quantitative estimate of drug-likeness (QED) is 0.766. The minimum absolute atomic E-state index is 0.110. The van der Waals surface area contributed by atoms with E-state index < -0.39 is 11.6 Å². The lowest BCUT2D eigenvalue weighted by Gasteiger charge is -2.32. The first-order valence-electron chi connectivity index (χ1n) is 9.55. The molecule has 0 aromatic carbocycles. The van der Waals surface area contributed by atoms with Gasteiger partial charge in [-0.1, -0.05) is 32.6 Å². The van der Waals surface area contributed by atoms with E-state index in [1.807, 2.05) is 0 Å². The molecule has 0 bridgehead atoms. The summed E-state index contributed by atoms with van der Waals surface area (Å²) in [5.74, 6) is 0.625. The summed E-state index contributed by atoms with van der Waals surface area (Å²) in [5, 5.41) is 13.3. The molecule has 6 heteroatoms. The Kier molecular flexibility index (Phi) is 5.45. The molecule has 1 spiro atoms. The molecule has 2 N–H and O–H groups in total. The number of imide groups is 1. The van der Waals surface area contributed by atoms with Gasteiger partial charge >= 0.3 is 6.03 Å². The second kappa shape index (κ2) is 7.40. The van der Waals surface area contributed by atoms with Crippen LogP contribution in [0.2, 0.25) is 0 Å². The number of aliphatic hydroxyl groups is 1. The third-order valence-electron chi connectivity index (χ3n) is 5.94. The van der Waals surface area contributed by atoms with Gasteiger partial charge in [0.15, 0.2) is 0 Å². The summed E-state index contributed by atoms with van der Waals surface area (Å²) in [6.07, 6.45) is 7.30. The maximum absolute atomic E-state index is 12.8. The van der Waals surface area contributed by atoms with Crippen molar-refractivity contribution in [3.63, 3.8) is 0 Å². The highest BCUT2D eigenvalue weighted by molar-refractivity contribution is 6.07. The number of nitrogens with zero attached hydrogens (tertiary/aromatic N) is 2. The minimum Gasteiger partial charge on any atom is -0.390 e. The van der Waals surface area contributed by atoms with Crippen molar-refractivity contribution in [1.82, 2.24) is 15.1 Å². The van der Waals surface area contributed by atoms with Crippen LogP contribution in [0, 0.1) is 5.92 Å². The largest absolute Gasteiger partial charge is 0.390 e. The molecule has 6 nitrogen and oxygen atoms in total. The number of carbonyl (C=O) groups excluding carboxylic acids is 2. The number of hydrogen-bond donors (Lipinski definition) is 2. The summed E-state index contributed by atoms with van der Waals surface area (Å²) in [6, 6.07) is -0.326. The molecule has 2 heterocycles. The number of rotatable bonds is 4. The Labute approximate surface area is 144 Å². The molecule has 0 aromatic heterocycles. The van der Waals surface area contributed by atoms with E-state index in [4.69, 9.17) is 0 Å². The fourth-order valence-electron chi connectivity index (χ4n) is 4.32. The molecule has 1 aliphatic carbocycles. The average Bonchev–Trinajstić information content (AvgIpc) is 2.73. The summed E-state index contributed by atoms with van der Waals surface area (Å²) in [4.78, 5) is 28.6. The van der Waals surface area contributed by atoms with Gasteiger partial charge in [0.25, 0.3) is 5.91 Å². The number of β-amino-alcohol motifs (C(OH)–C–C–N with tert-alkyl or cyclic N) is 1. The third-order valence-corrected chi connectivity index (χ3v) is 5.94. The van der Waals surface area contributed by atoms with Crippen LogP contribution in [0.4, 0.5) is 4.79 Å². The molecule has 2 saturated heterocycles. The Morgan fingerprint density at radius 3 is 2.38 bits per heavy atom. The highest BCUT2D eigenvalue weighted by atomic mass is 16.3. The van der Waals surface area contributed by atoms with Gasteiger partial charge in [-0.3, -0.25) is 9.69 Å². The molecule has 2 aliphatic heterocycles. The molecule has 1 saturated carbocycles. The van der Waals surface area contributed by atoms with Crippen molar-refractivity contribution in [2.24, 2.45) is 5.92 Å². The van der Waals surface area contributed by atoms with Gasteiger partial charge in [-0.25, -0.2) is 4.79 Å². The van der Waals surface area contributed by atoms with Crippen LogP contribution in [-0.2, 0) is 4.79 Å². The number of nitrogens with one attached hydrogen (secondary N) is 1. The van der Waals surface area contributed by atoms with E-state index in [2.05, 4.69) is 17.1 Å². The summed E-state index contributed by atoms with van der Waals surface area (Å²) in [7, 11) is 0. The number of piperidine rings is 1. The predicted molar refractivity (Wildman–Crippen MR) is 91.5 cm³/mol. The van der Waals surface area contributed by atoms with Crippen LogP contribution in [0.1, 0.15) is 58.3 Å². The van der Waals surface area contributed by atoms with E-state index >= 15 is 0 Å². The molecule has 0 unspecified atom stereocenters. The standard InChI is InChI=1S/C18H31N3O3/c1-14-6-10-20(11-7-14)12-15(22)13-21-16(23)18(19-17(21)24)8-4-2-3-5-9-18/h14-15,22H,2-13H2,1H3,(H,19,24)/t15-/m1/s1. The molecule has 3 amide bonds. The van der Waals surface area contributed by atoms with Crippen LogP contribution < -0.4 is 5.32 Å². The van der Waals surface area contributed by atoms with Crippen molar-refractivity contribution in [2.75, 3.05) is 26.2 Å². The highest BCUT2D eigenvalue weighted by Crippen LogP contribution is 2.32. The van der Waals surface area contributed by atoms with Crippen LogP contribution in [0.5, 0.6) is 0 Å². The lowest BCUT2D eigenvalue weighted by Crippen LogP contribution is -2.48. The summed E-state index contributed by atoms with van der Waals surface area (Å²) >= 11 is 0. The van der Waals surface area contributed by atoms with Gasteiger partial charge in [-0.05, 0) is 44.7 Å². The molecule has 136 valence electrons. The van der Waals surface area contributed by atoms with Gasteiger partial charge in [0.2, 0.25) is 0 Å². The van der Waals surface area contributed by atoms with Crippen molar-refractivity contribution in [1.29, 1.82) is 0 Å². The van der Waals surface area contributed by atoms with Crippen LogP contribution in [-0.4, -0.2) is 64.7 Å². The maximum atomic E-state index is 12.8. The lowest BCUT2D eigenvalue weighted by atomic mass is 9.90. The monoisotopic (exact) mass is 337 g/mol. The van der Waals surface area contributed by atoms with Crippen LogP contribution in [0.15, 0.2) is 0 Å². The molecular formula is C18H31N3O3. The molecule has 3 rings (SSSR count). The van der Waals surface area contributed by atoms with Gasteiger partial charge in [0, 0.05) is 6.54 Å². The summed E-state index contributed by atoms with van der Waals surface area (Å²) in [5.41, 5.74) is -0.701. The zero-order valence-corrected chi connectivity index (χ0v) is 14.8. The van der Waals surface area contributed by atoms with Crippen LogP contribution in [0.25, 0.3) is 0 Å². The van der Waals surface area contributed by atoms with E-state index in [0.29, 0.717) is 6.54 Å². The Balaban J connectivity index is 1.56. The molecule has 0 aromatic rings. The van der Waals surface area contributed by atoms with Crippen molar-refractivity contribution in [2.45, 2.75) is 69.9 Å². The minimum atomic E-state index is -0.701. The highest BCUT2D eigenvalue weighted by Gasteiger charge is 2.50. The molecule has 3 aliphatic rings. The predicted octanol–water partition coefficient (Wildman–Crippen LogP) is 1.72. The van der Waals surface area contributed by atoms with Crippen molar-refractivity contribution in [3.05, 3.63) is 0 Å². The summed E-state index contributed by atoms with van der Waals surface area (Å²) in [6.45, 7) is 4.88. The number of hydrogen-bond acceptors (Lipinski definition) is 4. The zero-order chi connectivity index (χ0) is 17.2. The second-order valence-corrected chi connectivity index (χ2v) is 7.98. The lowest BCUT2D eigenvalue weighted by molar-refractivity contribution is -0.132. The first-order chi connectivity index (χ1) is 11.5. The van der Waals surface area contributed by atoms with Gasteiger partial charge in [-0.15, -0.1) is 0 Å². The molecular weight excluding hydrogens is 306 g/mol. The Morgan fingerprint density at radius 2 is 1.75 bits per heavy atom. The number of urea groups is 1. The SMILES string of the molecule is CC1CCN(C[C@@H](O)CN2C(=O)NC3(CCCCCC3)C2=O)CC1. The Bertz CT molecular complexity index is 466. The smallest absolute Gasteiger partial charge is 0.325 e. The Hall–Kier alpha value is -1.14. The zero-order valence-electron chi connectivity index (χ0n) is 14.8. The van der Waals surface area contributed by atoms with Crippen molar-refractivity contribution < 1.29 is 14.7 Å². The van der Waals surface area contributed by atoms with Crippen molar-refractivity contribution in [3.8, 4) is 0 Å². The van der Waals surface area contributed by atoms with E-state index in [-0.39, 0.29) is 18.5 Å². The Morgan fingerprint density at radius 1 is 1.12 bits per heavy atom. The second-order valence-electron chi connectivity index (χ2n) is 7.98. The first kappa shape index (κ1) is 17.7. The van der Waals surface area contributed by atoms with E-state index in [9.17, 15) is 14.7 Å². The van der Waals surface area contributed by atoms with Gasteiger partial charge in [-0.2, -0.15) is 0 Å². The van der Waals surface area contributed by atoms with Crippen LogP contribution in [0.3, 0.4) is 0 Å². The number of amides is 3. The molecule has 0 radical (unpaired) electrons. The fraction of sp³-hybridized carbons (Fsp3) is 0.889. The number of aliphatic hydroxyl groups excluding tert-OH is 1. The van der Waals surface area contributed by atoms with Gasteiger partial charge in [0.05, 0.1) is 12.6 Å². The average molecular weight is 337 g/mol. The van der Waals surface area contributed by atoms with Gasteiger partial charge in [0.1, 0.15) is 5.54 Å². The summed E-state index contributed by atoms with van der Waals surface area (Å²) < 4.78 is 0. The third kappa shape index (κ3) is 3.75. The van der Waals surface area contributed by atoms with Crippen molar-refractivity contribution >= 4 is 11.9 Å². The molecule has 24 heavy (non-hydrogen) atoms. The van der Waals surface area contributed by atoms with E-state index in [1.165, 1.54) is 4.90 Å². The number of likely N-dealkylation sites (tertiary alicyclic amines) is 1. The molecule has 3 fully saturated rings. The fourth-order valence-corrected chi connectivity index (χ4v) is 4.32. The van der Waals surface area contributed by atoms with E-state index in [1.54, 1.807) is 0 Å². The van der Waals surface area contributed by atoms with Crippen LogP contribution >= 0.6 is 0 Å².